The Balaban J connectivity index is 1.70. The van der Waals surface area contributed by atoms with Crippen LogP contribution in [0.3, 0.4) is 0 Å². The van der Waals surface area contributed by atoms with Gasteiger partial charge in [-0.3, -0.25) is 4.79 Å². The summed E-state index contributed by atoms with van der Waals surface area (Å²) in [6.07, 6.45) is 2.42. The van der Waals surface area contributed by atoms with Crippen LogP contribution in [0.2, 0.25) is 0 Å². The van der Waals surface area contributed by atoms with Crippen molar-refractivity contribution in [2.24, 2.45) is 0 Å². The Labute approximate surface area is 145 Å². The number of anilines is 1. The van der Waals surface area contributed by atoms with Crippen LogP contribution in [-0.4, -0.2) is 29.2 Å². The van der Waals surface area contributed by atoms with Crippen LogP contribution in [0.1, 0.15) is 18.9 Å². The molecule has 1 aromatic heterocycles. The van der Waals surface area contributed by atoms with Gasteiger partial charge < -0.3 is 20.5 Å². The van der Waals surface area contributed by atoms with Gasteiger partial charge in [0.25, 0.3) is 5.56 Å². The molecule has 0 saturated carbocycles. The summed E-state index contributed by atoms with van der Waals surface area (Å²) < 4.78 is 14.7. The Morgan fingerprint density at radius 3 is 2.92 bits per heavy atom. The monoisotopic (exact) mass is 344 g/mol. The highest BCUT2D eigenvalue weighted by molar-refractivity contribution is 5.89. The number of carbonyl (C=O) groups excluding carboxylic acids is 1. The lowest BCUT2D eigenvalue weighted by Crippen LogP contribution is -2.49. The zero-order valence-corrected chi connectivity index (χ0v) is 14.0. The van der Waals surface area contributed by atoms with E-state index in [1.165, 1.54) is 22.8 Å². The van der Waals surface area contributed by atoms with E-state index >= 15 is 0 Å². The number of halogens is 1. The van der Waals surface area contributed by atoms with Crippen molar-refractivity contribution in [3.63, 3.8) is 0 Å². The maximum absolute atomic E-state index is 13.3. The van der Waals surface area contributed by atoms with Gasteiger partial charge in [0.15, 0.2) is 0 Å². The number of urea groups is 1. The van der Waals surface area contributed by atoms with Crippen molar-refractivity contribution >= 4 is 11.7 Å². The van der Waals surface area contributed by atoms with E-state index in [1.807, 2.05) is 6.92 Å². The molecule has 0 bridgehead atoms. The lowest BCUT2D eigenvalue weighted by Gasteiger charge is -2.24. The molecule has 2 amide bonds. The van der Waals surface area contributed by atoms with E-state index in [2.05, 4.69) is 16.0 Å². The summed E-state index contributed by atoms with van der Waals surface area (Å²) >= 11 is 0. The van der Waals surface area contributed by atoms with Crippen LogP contribution in [0.4, 0.5) is 14.9 Å². The van der Waals surface area contributed by atoms with Crippen molar-refractivity contribution in [1.29, 1.82) is 0 Å². The predicted molar refractivity (Wildman–Crippen MR) is 94.3 cm³/mol. The molecule has 1 aromatic carbocycles. The highest BCUT2D eigenvalue weighted by Crippen LogP contribution is 2.14. The summed E-state index contributed by atoms with van der Waals surface area (Å²) in [5.74, 6) is -0.349. The van der Waals surface area contributed by atoms with E-state index in [4.69, 9.17) is 0 Å². The summed E-state index contributed by atoms with van der Waals surface area (Å²) in [7, 11) is 0. The van der Waals surface area contributed by atoms with E-state index in [9.17, 15) is 14.0 Å². The molecule has 3 N–H and O–H groups in total. The molecule has 25 heavy (non-hydrogen) atoms. The van der Waals surface area contributed by atoms with Gasteiger partial charge >= 0.3 is 6.03 Å². The third kappa shape index (κ3) is 4.45. The molecule has 1 aliphatic heterocycles. The van der Waals surface area contributed by atoms with Crippen molar-refractivity contribution in [3.05, 3.63) is 64.3 Å². The van der Waals surface area contributed by atoms with E-state index in [0.29, 0.717) is 11.3 Å². The predicted octanol–water partition coefficient (Wildman–Crippen LogP) is 1.91. The van der Waals surface area contributed by atoms with Gasteiger partial charge in [-0.1, -0.05) is 12.1 Å². The lowest BCUT2D eigenvalue weighted by molar-refractivity contribution is 0.241. The molecular weight excluding hydrogens is 323 g/mol. The molecule has 2 heterocycles. The minimum Gasteiger partial charge on any atom is -0.331 e. The quantitative estimate of drug-likeness (QED) is 0.793. The number of hydrogen-bond donors (Lipinski definition) is 3. The van der Waals surface area contributed by atoms with Gasteiger partial charge in [-0.2, -0.15) is 0 Å². The highest BCUT2D eigenvalue weighted by atomic mass is 19.1. The summed E-state index contributed by atoms with van der Waals surface area (Å²) in [5, 5.41) is 8.90. The van der Waals surface area contributed by atoms with Crippen molar-refractivity contribution in [1.82, 2.24) is 15.2 Å². The van der Waals surface area contributed by atoms with Crippen LogP contribution in [0.25, 0.3) is 0 Å². The molecule has 1 saturated heterocycles. The first-order valence-corrected chi connectivity index (χ1v) is 8.18. The Morgan fingerprint density at radius 2 is 2.20 bits per heavy atom. The second-order valence-corrected chi connectivity index (χ2v) is 6.58. The molecule has 1 fully saturated rings. The van der Waals surface area contributed by atoms with Crippen molar-refractivity contribution in [2.45, 2.75) is 25.4 Å². The van der Waals surface area contributed by atoms with Gasteiger partial charge in [0.2, 0.25) is 0 Å². The number of amides is 2. The molecule has 6 nitrogen and oxygen atoms in total. The number of rotatable bonds is 4. The Morgan fingerprint density at radius 1 is 1.36 bits per heavy atom. The summed E-state index contributed by atoms with van der Waals surface area (Å²) in [6.45, 7) is 3.81. The van der Waals surface area contributed by atoms with Crippen molar-refractivity contribution in [2.75, 3.05) is 18.4 Å². The number of aromatic nitrogens is 1. The van der Waals surface area contributed by atoms with Crippen molar-refractivity contribution < 1.29 is 9.18 Å². The topological polar surface area (TPSA) is 75.2 Å². The third-order valence-electron chi connectivity index (χ3n) is 4.27. The number of hydrogen-bond acceptors (Lipinski definition) is 3. The molecule has 2 aromatic rings. The van der Waals surface area contributed by atoms with Crippen LogP contribution in [0.15, 0.2) is 47.4 Å². The smallest absolute Gasteiger partial charge is 0.319 e. The van der Waals surface area contributed by atoms with Crippen molar-refractivity contribution in [3.8, 4) is 0 Å². The average Bonchev–Trinajstić information content (AvgIpc) is 2.96. The average molecular weight is 344 g/mol. The first-order chi connectivity index (χ1) is 11.9. The van der Waals surface area contributed by atoms with Crippen LogP contribution < -0.4 is 21.5 Å². The maximum atomic E-state index is 13.3. The van der Waals surface area contributed by atoms with E-state index < -0.39 is 0 Å². The fraction of sp³-hybridized carbons (Fsp3) is 0.333. The molecule has 132 valence electrons. The molecule has 7 heteroatoms. The van der Waals surface area contributed by atoms with Crippen LogP contribution in [0.5, 0.6) is 0 Å². The van der Waals surface area contributed by atoms with E-state index in [0.717, 1.165) is 19.5 Å². The first-order valence-electron chi connectivity index (χ1n) is 8.18. The summed E-state index contributed by atoms with van der Waals surface area (Å²) in [5.41, 5.74) is 0.679. The normalized spacial score (nSPS) is 19.6. The number of nitrogens with one attached hydrogen (secondary N) is 3. The molecule has 1 atom stereocenters. The fourth-order valence-corrected chi connectivity index (χ4v) is 2.92. The largest absolute Gasteiger partial charge is 0.331 e. The van der Waals surface area contributed by atoms with Gasteiger partial charge in [-0.15, -0.1) is 0 Å². The molecular formula is C18H21FN4O2. The number of benzene rings is 1. The molecule has 1 aliphatic rings. The number of pyridine rings is 1. The maximum Gasteiger partial charge on any atom is 0.319 e. The highest BCUT2D eigenvalue weighted by Gasteiger charge is 2.29. The Hall–Kier alpha value is -2.67. The SMILES string of the molecule is CC1(NC(=O)Nc2ccc(=O)n(Cc3cccc(F)c3)c2)CCNC1. The lowest BCUT2D eigenvalue weighted by atomic mass is 10.0. The van der Waals surface area contributed by atoms with Gasteiger partial charge in [0.1, 0.15) is 5.82 Å². The minimum atomic E-state index is -0.349. The minimum absolute atomic E-state index is 0.220. The van der Waals surface area contributed by atoms with Gasteiger partial charge in [0.05, 0.1) is 17.8 Å². The zero-order chi connectivity index (χ0) is 17.9. The molecule has 0 aliphatic carbocycles. The molecule has 0 radical (unpaired) electrons. The fourth-order valence-electron chi connectivity index (χ4n) is 2.92. The van der Waals surface area contributed by atoms with Crippen LogP contribution in [-0.2, 0) is 6.54 Å². The second kappa shape index (κ2) is 7.06. The Kier molecular flexibility index (Phi) is 4.85. The number of nitrogens with zero attached hydrogens (tertiary/aromatic N) is 1. The van der Waals surface area contributed by atoms with Gasteiger partial charge in [-0.25, -0.2) is 9.18 Å². The van der Waals surface area contributed by atoms with E-state index in [-0.39, 0.29) is 29.5 Å². The molecule has 3 rings (SSSR count). The summed E-state index contributed by atoms with van der Waals surface area (Å²) in [6, 6.07) is 8.70. The van der Waals surface area contributed by atoms with Crippen LogP contribution in [0, 0.1) is 5.82 Å². The van der Waals surface area contributed by atoms with E-state index in [1.54, 1.807) is 24.4 Å². The molecule has 1 unspecified atom stereocenters. The Bertz CT molecular complexity index is 828. The van der Waals surface area contributed by atoms with Crippen LogP contribution >= 0.6 is 0 Å². The molecule has 0 spiro atoms. The standard InChI is InChI=1S/C18H21FN4O2/c1-18(7-8-20-12-18)22-17(25)21-15-5-6-16(24)23(11-15)10-13-3-2-4-14(19)9-13/h2-6,9,11,20H,7-8,10,12H2,1H3,(H2,21,22,25). The third-order valence-corrected chi connectivity index (χ3v) is 4.27. The second-order valence-electron chi connectivity index (χ2n) is 6.58. The zero-order valence-electron chi connectivity index (χ0n) is 14.0. The van der Waals surface area contributed by atoms with Gasteiger partial charge in [-0.05, 0) is 43.7 Å². The number of carbonyl (C=O) groups is 1. The summed E-state index contributed by atoms with van der Waals surface area (Å²) in [4.78, 5) is 24.2. The first kappa shape index (κ1) is 17.2. The van der Waals surface area contributed by atoms with Gasteiger partial charge in [0, 0.05) is 18.8 Å².